The van der Waals surface area contributed by atoms with E-state index in [4.69, 9.17) is 0 Å². The van der Waals surface area contributed by atoms with Gasteiger partial charge in [-0.15, -0.1) is 0 Å². The number of ketones is 1. The SMILES string of the molecule is CNCC1(C(=O)C2CCCC2)CCC1. The average Bonchev–Trinajstić information content (AvgIpc) is 2.62. The van der Waals surface area contributed by atoms with Crippen LogP contribution in [0.3, 0.4) is 0 Å². The Bertz CT molecular complexity index is 214. The lowest BCUT2D eigenvalue weighted by Crippen LogP contribution is -2.47. The summed E-state index contributed by atoms with van der Waals surface area (Å²) in [6.45, 7) is 0.905. The highest BCUT2D eigenvalue weighted by molar-refractivity contribution is 5.88. The predicted octanol–water partition coefficient (Wildman–Crippen LogP) is 2.14. The third-order valence-corrected chi connectivity index (χ3v) is 4.07. The molecule has 2 heteroatoms. The van der Waals surface area contributed by atoms with Gasteiger partial charge in [0.05, 0.1) is 0 Å². The molecule has 80 valence electrons. The van der Waals surface area contributed by atoms with Crippen LogP contribution < -0.4 is 5.32 Å². The molecule has 0 aromatic heterocycles. The maximum Gasteiger partial charge on any atom is 0.143 e. The first-order valence-corrected chi connectivity index (χ1v) is 5.97. The highest BCUT2D eigenvalue weighted by atomic mass is 16.1. The van der Waals surface area contributed by atoms with E-state index in [1.165, 1.54) is 19.3 Å². The van der Waals surface area contributed by atoms with Crippen LogP contribution in [-0.4, -0.2) is 19.4 Å². The summed E-state index contributed by atoms with van der Waals surface area (Å²) in [6, 6.07) is 0. The Labute approximate surface area is 86.5 Å². The van der Waals surface area contributed by atoms with Crippen molar-refractivity contribution in [1.29, 1.82) is 0 Å². The van der Waals surface area contributed by atoms with Crippen LogP contribution in [0.25, 0.3) is 0 Å². The molecular formula is C12H21NO. The molecule has 2 aliphatic rings. The Kier molecular flexibility index (Phi) is 2.91. The summed E-state index contributed by atoms with van der Waals surface area (Å²) in [4.78, 5) is 12.3. The van der Waals surface area contributed by atoms with Crippen molar-refractivity contribution < 1.29 is 4.79 Å². The van der Waals surface area contributed by atoms with Crippen molar-refractivity contribution in [3.8, 4) is 0 Å². The zero-order valence-corrected chi connectivity index (χ0v) is 9.14. The fourth-order valence-electron chi connectivity index (χ4n) is 3.07. The molecule has 1 N–H and O–H groups in total. The number of nitrogens with one attached hydrogen (secondary N) is 1. The molecule has 2 aliphatic carbocycles. The third-order valence-electron chi connectivity index (χ3n) is 4.07. The molecule has 0 aliphatic heterocycles. The number of hydrogen-bond acceptors (Lipinski definition) is 2. The molecule has 0 bridgehead atoms. The van der Waals surface area contributed by atoms with Gasteiger partial charge >= 0.3 is 0 Å². The van der Waals surface area contributed by atoms with Crippen LogP contribution in [0.2, 0.25) is 0 Å². The number of Topliss-reactive ketones (excluding diaryl/α,β-unsaturated/α-hetero) is 1. The Morgan fingerprint density at radius 1 is 1.29 bits per heavy atom. The molecule has 2 saturated carbocycles. The standard InChI is InChI=1S/C12H21NO/c1-13-9-12(7-4-8-12)11(14)10-5-2-3-6-10/h10,13H,2-9H2,1H3. The second kappa shape index (κ2) is 4.01. The van der Waals surface area contributed by atoms with Gasteiger partial charge in [-0.05, 0) is 32.7 Å². The molecule has 0 amide bonds. The lowest BCUT2D eigenvalue weighted by Gasteiger charge is -2.42. The molecule has 2 rings (SSSR count). The van der Waals surface area contributed by atoms with Crippen molar-refractivity contribution >= 4 is 5.78 Å². The van der Waals surface area contributed by atoms with Crippen LogP contribution in [0.4, 0.5) is 0 Å². The minimum Gasteiger partial charge on any atom is -0.319 e. The van der Waals surface area contributed by atoms with E-state index < -0.39 is 0 Å². The fourth-order valence-corrected chi connectivity index (χ4v) is 3.07. The Morgan fingerprint density at radius 2 is 1.93 bits per heavy atom. The first kappa shape index (κ1) is 10.2. The summed E-state index contributed by atoms with van der Waals surface area (Å²) in [5.41, 5.74) is 0.0454. The van der Waals surface area contributed by atoms with Crippen LogP contribution in [-0.2, 0) is 4.79 Å². The van der Waals surface area contributed by atoms with Gasteiger partial charge in [0.25, 0.3) is 0 Å². The van der Waals surface area contributed by atoms with Gasteiger partial charge < -0.3 is 5.32 Å². The summed E-state index contributed by atoms with van der Waals surface area (Å²) >= 11 is 0. The van der Waals surface area contributed by atoms with Crippen molar-refractivity contribution in [2.45, 2.75) is 44.9 Å². The quantitative estimate of drug-likeness (QED) is 0.744. The van der Waals surface area contributed by atoms with Gasteiger partial charge in [-0.2, -0.15) is 0 Å². The topological polar surface area (TPSA) is 29.1 Å². The molecule has 0 atom stereocenters. The molecular weight excluding hydrogens is 174 g/mol. The van der Waals surface area contributed by atoms with E-state index in [1.807, 2.05) is 7.05 Å². The molecule has 14 heavy (non-hydrogen) atoms. The Hall–Kier alpha value is -0.370. The van der Waals surface area contributed by atoms with Crippen molar-refractivity contribution in [3.05, 3.63) is 0 Å². The number of carbonyl (C=O) groups excluding carboxylic acids is 1. The maximum atomic E-state index is 12.3. The van der Waals surface area contributed by atoms with Crippen LogP contribution in [0.5, 0.6) is 0 Å². The van der Waals surface area contributed by atoms with E-state index in [2.05, 4.69) is 5.32 Å². The van der Waals surface area contributed by atoms with E-state index >= 15 is 0 Å². The zero-order valence-electron chi connectivity index (χ0n) is 9.14. The van der Waals surface area contributed by atoms with Gasteiger partial charge in [0.15, 0.2) is 0 Å². The van der Waals surface area contributed by atoms with Crippen molar-refractivity contribution in [1.82, 2.24) is 5.32 Å². The lowest BCUT2D eigenvalue weighted by molar-refractivity contribution is -0.137. The first-order valence-electron chi connectivity index (χ1n) is 5.97. The Balaban J connectivity index is 1.99. The lowest BCUT2D eigenvalue weighted by atomic mass is 9.63. The van der Waals surface area contributed by atoms with E-state index in [1.54, 1.807) is 0 Å². The van der Waals surface area contributed by atoms with Gasteiger partial charge in [0.1, 0.15) is 5.78 Å². The monoisotopic (exact) mass is 195 g/mol. The molecule has 0 spiro atoms. The third kappa shape index (κ3) is 1.60. The average molecular weight is 195 g/mol. The summed E-state index contributed by atoms with van der Waals surface area (Å²) in [5.74, 6) is 0.985. The predicted molar refractivity (Wildman–Crippen MR) is 57.2 cm³/mol. The minimum absolute atomic E-state index is 0.0454. The van der Waals surface area contributed by atoms with E-state index in [-0.39, 0.29) is 5.41 Å². The van der Waals surface area contributed by atoms with E-state index in [9.17, 15) is 4.79 Å². The summed E-state index contributed by atoms with van der Waals surface area (Å²) in [5, 5.41) is 3.19. The van der Waals surface area contributed by atoms with Gasteiger partial charge in [0.2, 0.25) is 0 Å². The smallest absolute Gasteiger partial charge is 0.143 e. The summed E-state index contributed by atoms with van der Waals surface area (Å²) < 4.78 is 0. The molecule has 2 nitrogen and oxygen atoms in total. The number of hydrogen-bond donors (Lipinski definition) is 1. The fraction of sp³-hybridized carbons (Fsp3) is 0.917. The van der Waals surface area contributed by atoms with E-state index in [0.717, 1.165) is 32.2 Å². The molecule has 0 aromatic carbocycles. The summed E-state index contributed by atoms with van der Waals surface area (Å²) in [7, 11) is 1.96. The van der Waals surface area contributed by atoms with Crippen molar-refractivity contribution in [2.24, 2.45) is 11.3 Å². The maximum absolute atomic E-state index is 12.3. The normalized spacial score (nSPS) is 26.1. The van der Waals surface area contributed by atoms with Crippen LogP contribution >= 0.6 is 0 Å². The second-order valence-corrected chi connectivity index (χ2v) is 5.01. The zero-order chi connectivity index (χ0) is 10.0. The van der Waals surface area contributed by atoms with Crippen LogP contribution in [0.1, 0.15) is 44.9 Å². The molecule has 0 unspecified atom stereocenters. The van der Waals surface area contributed by atoms with Gasteiger partial charge in [0, 0.05) is 17.9 Å². The molecule has 2 fully saturated rings. The highest BCUT2D eigenvalue weighted by Crippen LogP contribution is 2.45. The second-order valence-electron chi connectivity index (χ2n) is 5.01. The number of rotatable bonds is 4. The largest absolute Gasteiger partial charge is 0.319 e. The van der Waals surface area contributed by atoms with Crippen molar-refractivity contribution in [2.75, 3.05) is 13.6 Å². The highest BCUT2D eigenvalue weighted by Gasteiger charge is 2.46. The van der Waals surface area contributed by atoms with Gasteiger partial charge in [-0.25, -0.2) is 0 Å². The Morgan fingerprint density at radius 3 is 2.36 bits per heavy atom. The van der Waals surface area contributed by atoms with Gasteiger partial charge in [-0.3, -0.25) is 4.79 Å². The first-order chi connectivity index (χ1) is 6.78. The minimum atomic E-state index is 0.0454. The van der Waals surface area contributed by atoms with Gasteiger partial charge in [-0.1, -0.05) is 19.3 Å². The molecule has 0 saturated heterocycles. The van der Waals surface area contributed by atoms with Crippen LogP contribution in [0, 0.1) is 11.3 Å². The van der Waals surface area contributed by atoms with Crippen molar-refractivity contribution in [3.63, 3.8) is 0 Å². The molecule has 0 heterocycles. The van der Waals surface area contributed by atoms with E-state index in [0.29, 0.717) is 11.7 Å². The summed E-state index contributed by atoms with van der Waals surface area (Å²) in [6.07, 6.45) is 8.36. The molecule has 0 radical (unpaired) electrons. The van der Waals surface area contributed by atoms with Crippen LogP contribution in [0.15, 0.2) is 0 Å². The number of carbonyl (C=O) groups is 1. The molecule has 0 aromatic rings.